The summed E-state index contributed by atoms with van der Waals surface area (Å²) in [6.45, 7) is 32.3. The van der Waals surface area contributed by atoms with E-state index in [0.29, 0.717) is 0 Å². The zero-order valence-corrected chi connectivity index (χ0v) is 51.2. The maximum atomic E-state index is 2.73. The lowest BCUT2D eigenvalue weighted by atomic mass is 9.42. The van der Waals surface area contributed by atoms with E-state index in [1.807, 2.05) is 0 Å². The average Bonchev–Trinajstić information content (AvgIpc) is 1.75. The van der Waals surface area contributed by atoms with Crippen molar-refractivity contribution in [2.45, 2.75) is 124 Å². The van der Waals surface area contributed by atoms with E-state index >= 15 is 0 Å². The maximum Gasteiger partial charge on any atom is 0.333 e. The lowest BCUT2D eigenvalue weighted by Gasteiger charge is -2.47. The molecule has 2 aliphatic heterocycles. The van der Waals surface area contributed by atoms with Gasteiger partial charge in [0.05, 0.1) is 5.69 Å². The van der Waals surface area contributed by atoms with E-state index in [4.69, 9.17) is 0 Å². The van der Waals surface area contributed by atoms with E-state index in [9.17, 15) is 0 Å². The van der Waals surface area contributed by atoms with Crippen molar-refractivity contribution in [2.75, 3.05) is 14.6 Å². The van der Waals surface area contributed by atoms with E-state index < -0.39 is 0 Å². The van der Waals surface area contributed by atoms with Crippen LogP contribution in [0.3, 0.4) is 0 Å². The van der Waals surface area contributed by atoms with Crippen molar-refractivity contribution in [1.29, 1.82) is 0 Å². The second-order valence-electron chi connectivity index (χ2n) is 28.3. The number of fused-ring (bicyclic) bond motifs is 8. The summed E-state index contributed by atoms with van der Waals surface area (Å²) in [6.07, 6.45) is 0. The number of rotatable bonds is 7. The minimum Gasteiger partial charge on any atom is -0.376 e. The lowest BCUT2D eigenvalue weighted by Crippen LogP contribution is -2.62. The summed E-state index contributed by atoms with van der Waals surface area (Å²) in [5.74, 6) is 0. The highest BCUT2D eigenvalue weighted by atomic mass is 15.2. The average molecular weight is 1080 g/mol. The predicted molar refractivity (Wildman–Crippen MR) is 358 cm³/mol. The molecule has 0 unspecified atom stereocenters. The fourth-order valence-corrected chi connectivity index (χ4v) is 13.6. The van der Waals surface area contributed by atoms with E-state index in [1.54, 1.807) is 0 Å². The standard InChI is InChI=1S/C79H78BN3/c1-75(2,3)54-29-36-58(37-30-54)81(59-38-31-55(32-39-59)76(4,5)6)61-42-43-62-65-47-53(51-23-17-15-18-24-51)48-71-73(65)80(83(70(62)50-61)60-40-33-56(34-41-60)77(7,8)9)74-69(46-44-67-72(74)63-27-21-22-28-66(63)79(67,13)14)82(71)68-45-35-57(78(10,11)12)49-64(68)52-25-19-16-20-26-52/h15-50H,1-14H3. The van der Waals surface area contributed by atoms with Crippen LogP contribution in [0.1, 0.15) is 130 Å². The monoisotopic (exact) mass is 1080 g/mol. The molecule has 0 aromatic heterocycles. The first kappa shape index (κ1) is 53.9. The summed E-state index contributed by atoms with van der Waals surface area (Å²) < 4.78 is 0. The minimum atomic E-state index is -0.240. The van der Waals surface area contributed by atoms with Gasteiger partial charge in [0.15, 0.2) is 0 Å². The van der Waals surface area contributed by atoms with Crippen molar-refractivity contribution in [1.82, 2.24) is 0 Å². The van der Waals surface area contributed by atoms with Gasteiger partial charge in [-0.3, -0.25) is 0 Å². The van der Waals surface area contributed by atoms with Gasteiger partial charge in [0.2, 0.25) is 0 Å². The first-order valence-electron chi connectivity index (χ1n) is 30.0. The van der Waals surface area contributed by atoms with Gasteiger partial charge in [-0.2, -0.15) is 0 Å². The van der Waals surface area contributed by atoms with Gasteiger partial charge in [-0.15, -0.1) is 0 Å². The Hall–Kier alpha value is -8.34. The van der Waals surface area contributed by atoms with Crippen molar-refractivity contribution >= 4 is 63.3 Å². The summed E-state index contributed by atoms with van der Waals surface area (Å²) in [6, 6.07) is 84.0. The Kier molecular flexibility index (Phi) is 12.6. The van der Waals surface area contributed by atoms with Crippen molar-refractivity contribution < 1.29 is 0 Å². The van der Waals surface area contributed by atoms with Gasteiger partial charge in [0, 0.05) is 56.4 Å². The van der Waals surface area contributed by atoms with Gasteiger partial charge in [0.25, 0.3) is 0 Å². The minimum absolute atomic E-state index is 0.0121. The Morgan fingerprint density at radius 3 is 1.42 bits per heavy atom. The molecule has 10 aromatic carbocycles. The third-order valence-corrected chi connectivity index (χ3v) is 18.3. The van der Waals surface area contributed by atoms with Crippen LogP contribution < -0.4 is 25.5 Å². The predicted octanol–water partition coefficient (Wildman–Crippen LogP) is 20.7. The van der Waals surface area contributed by atoms with E-state index in [-0.39, 0.29) is 33.9 Å². The molecule has 0 bridgehead atoms. The molecule has 83 heavy (non-hydrogen) atoms. The fourth-order valence-electron chi connectivity index (χ4n) is 13.6. The molecule has 0 fully saturated rings. The number of nitrogens with zero attached hydrogens (tertiary/aromatic N) is 3. The van der Waals surface area contributed by atoms with Crippen LogP contribution in [0.5, 0.6) is 0 Å². The SMILES string of the molecule is CC(C)(C)c1ccc(N2B3c4c(cc(-c5ccccc5)cc4N(c4ccc(C(C)(C)C)cc4-c4ccccc4)c4ccc5c(c43)-c3ccccc3C5(C)C)-c3ccc(N(c4ccc(C(C)(C)C)cc4)c4ccc(C(C)(C)C)cc4)cc32)cc1. The van der Waals surface area contributed by atoms with Crippen LogP contribution in [0.25, 0.3) is 44.5 Å². The first-order chi connectivity index (χ1) is 39.5. The third kappa shape index (κ3) is 9.12. The van der Waals surface area contributed by atoms with Gasteiger partial charge in [-0.05, 0) is 178 Å². The van der Waals surface area contributed by atoms with Crippen LogP contribution in [0.15, 0.2) is 218 Å². The third-order valence-electron chi connectivity index (χ3n) is 18.3. The Labute approximate surface area is 495 Å². The Bertz CT molecular complexity index is 4070. The van der Waals surface area contributed by atoms with Gasteiger partial charge in [-0.25, -0.2) is 0 Å². The van der Waals surface area contributed by atoms with Crippen LogP contribution in [0.2, 0.25) is 0 Å². The topological polar surface area (TPSA) is 9.72 Å². The van der Waals surface area contributed by atoms with Crippen molar-refractivity contribution in [3.05, 3.63) is 252 Å². The molecule has 0 atom stereocenters. The molecular weight excluding hydrogens is 1000 g/mol. The molecule has 0 amide bonds. The Balaban J connectivity index is 1.17. The number of anilines is 8. The molecule has 0 saturated carbocycles. The second-order valence-corrected chi connectivity index (χ2v) is 28.3. The van der Waals surface area contributed by atoms with Crippen LogP contribution in [0, 0.1) is 0 Å². The van der Waals surface area contributed by atoms with Crippen molar-refractivity contribution in [3.8, 4) is 44.5 Å². The maximum absolute atomic E-state index is 2.73. The largest absolute Gasteiger partial charge is 0.376 e. The number of hydrogen-bond acceptors (Lipinski definition) is 3. The quantitative estimate of drug-likeness (QED) is 0.147. The van der Waals surface area contributed by atoms with Gasteiger partial charge in [0.1, 0.15) is 0 Å². The molecule has 1 aliphatic carbocycles. The van der Waals surface area contributed by atoms with Crippen LogP contribution in [0.4, 0.5) is 45.5 Å². The zero-order valence-electron chi connectivity index (χ0n) is 51.2. The molecule has 0 N–H and O–H groups in total. The van der Waals surface area contributed by atoms with Crippen LogP contribution in [-0.2, 0) is 27.1 Å². The zero-order chi connectivity index (χ0) is 58.1. The second kappa shape index (κ2) is 19.4. The van der Waals surface area contributed by atoms with Gasteiger partial charge < -0.3 is 14.6 Å². The van der Waals surface area contributed by atoms with Gasteiger partial charge >= 0.3 is 6.85 Å². The summed E-state index contributed by atoms with van der Waals surface area (Å²) in [7, 11) is 0. The molecule has 4 heteroatoms. The summed E-state index contributed by atoms with van der Waals surface area (Å²) in [4.78, 5) is 7.86. The normalized spacial score (nSPS) is 14.2. The first-order valence-corrected chi connectivity index (χ1v) is 30.0. The Morgan fingerprint density at radius 1 is 0.337 bits per heavy atom. The smallest absolute Gasteiger partial charge is 0.333 e. The van der Waals surface area contributed by atoms with Crippen LogP contribution in [-0.4, -0.2) is 6.85 Å². The summed E-state index contributed by atoms with van der Waals surface area (Å²) in [5.41, 5.74) is 29.4. The summed E-state index contributed by atoms with van der Waals surface area (Å²) in [5, 5.41) is 0. The molecule has 10 aromatic rings. The van der Waals surface area contributed by atoms with E-state index in [1.165, 1.54) is 106 Å². The highest BCUT2D eigenvalue weighted by Crippen LogP contribution is 2.56. The Morgan fingerprint density at radius 2 is 0.843 bits per heavy atom. The molecule has 13 rings (SSSR count). The van der Waals surface area contributed by atoms with Crippen molar-refractivity contribution in [2.24, 2.45) is 0 Å². The molecule has 412 valence electrons. The molecule has 0 saturated heterocycles. The molecule has 0 spiro atoms. The number of hydrogen-bond donors (Lipinski definition) is 0. The molecule has 3 aliphatic rings. The highest BCUT2D eigenvalue weighted by molar-refractivity contribution is 6.94. The lowest BCUT2D eigenvalue weighted by molar-refractivity contribution is 0.590. The van der Waals surface area contributed by atoms with E-state index in [0.717, 1.165) is 28.4 Å². The summed E-state index contributed by atoms with van der Waals surface area (Å²) >= 11 is 0. The molecule has 3 nitrogen and oxygen atoms in total. The van der Waals surface area contributed by atoms with E-state index in [2.05, 4.69) is 330 Å². The van der Waals surface area contributed by atoms with Gasteiger partial charge in [-0.1, -0.05) is 236 Å². The molecule has 0 radical (unpaired) electrons. The number of benzene rings is 10. The van der Waals surface area contributed by atoms with Crippen LogP contribution >= 0.6 is 0 Å². The molecular formula is C79H78BN3. The molecule has 2 heterocycles. The fraction of sp³-hybridized carbons (Fsp3) is 0.241. The van der Waals surface area contributed by atoms with Crippen molar-refractivity contribution in [3.63, 3.8) is 0 Å². The highest BCUT2D eigenvalue weighted by Gasteiger charge is 2.50.